The molecule has 1 fully saturated rings. The van der Waals surface area contributed by atoms with Crippen LogP contribution < -0.4 is 15.5 Å². The van der Waals surface area contributed by atoms with Gasteiger partial charge in [-0.1, -0.05) is 13.0 Å². The minimum absolute atomic E-state index is 0.00696. The molecule has 0 aliphatic carbocycles. The second-order valence-corrected chi connectivity index (χ2v) is 8.13. The molecular formula is C22H25N5OS. The molecule has 0 bridgehead atoms. The van der Waals surface area contributed by atoms with E-state index in [-0.39, 0.29) is 5.91 Å². The van der Waals surface area contributed by atoms with E-state index in [0.29, 0.717) is 6.42 Å². The topological polar surface area (TPSA) is 70.2 Å². The lowest BCUT2D eigenvalue weighted by atomic mass is 10.2. The van der Waals surface area contributed by atoms with Crippen LogP contribution in [0.1, 0.15) is 30.2 Å². The first kappa shape index (κ1) is 19.4. The van der Waals surface area contributed by atoms with E-state index >= 15 is 0 Å². The Morgan fingerprint density at radius 2 is 1.90 bits per heavy atom. The number of hydrogen-bond donors (Lipinski definition) is 2. The lowest BCUT2D eigenvalue weighted by Crippen LogP contribution is -2.21. The van der Waals surface area contributed by atoms with Gasteiger partial charge in [-0.3, -0.25) is 4.79 Å². The predicted molar refractivity (Wildman–Crippen MR) is 119 cm³/mol. The molecule has 6 nitrogen and oxygen atoms in total. The smallest absolute Gasteiger partial charge is 0.229 e. The molecule has 0 unspecified atom stereocenters. The number of carbonyl (C=O) groups is 1. The Morgan fingerprint density at radius 3 is 2.59 bits per heavy atom. The maximum atomic E-state index is 12.2. The molecule has 0 atom stereocenters. The maximum Gasteiger partial charge on any atom is 0.229 e. The molecule has 0 radical (unpaired) electrons. The van der Waals surface area contributed by atoms with Gasteiger partial charge in [-0.15, -0.1) is 11.3 Å². The predicted octanol–water partition coefficient (Wildman–Crippen LogP) is 4.63. The van der Waals surface area contributed by atoms with Crippen LogP contribution in [-0.4, -0.2) is 29.0 Å². The molecule has 3 aromatic rings. The van der Waals surface area contributed by atoms with E-state index < -0.39 is 0 Å². The summed E-state index contributed by atoms with van der Waals surface area (Å²) in [6, 6.07) is 11.7. The van der Waals surface area contributed by atoms with Gasteiger partial charge in [0.2, 0.25) is 11.9 Å². The van der Waals surface area contributed by atoms with E-state index in [1.54, 1.807) is 11.3 Å². The molecule has 7 heteroatoms. The van der Waals surface area contributed by atoms with Crippen LogP contribution in [0.5, 0.6) is 0 Å². The molecular weight excluding hydrogens is 382 g/mol. The number of carbonyl (C=O) groups excluding carboxylic acids is 1. The summed E-state index contributed by atoms with van der Waals surface area (Å²) in [5, 5.41) is 8.35. The van der Waals surface area contributed by atoms with Crippen molar-refractivity contribution in [2.75, 3.05) is 28.6 Å². The number of aryl methyl sites for hydroxylation is 1. The van der Waals surface area contributed by atoms with Crippen LogP contribution in [-0.2, 0) is 17.6 Å². The van der Waals surface area contributed by atoms with Gasteiger partial charge in [0.05, 0.1) is 6.42 Å². The van der Waals surface area contributed by atoms with E-state index in [4.69, 9.17) is 4.98 Å². The molecule has 1 saturated heterocycles. The molecule has 2 aromatic heterocycles. The third-order valence-electron chi connectivity index (χ3n) is 4.97. The summed E-state index contributed by atoms with van der Waals surface area (Å²) in [7, 11) is 0. The highest BCUT2D eigenvalue weighted by Gasteiger charge is 2.16. The summed E-state index contributed by atoms with van der Waals surface area (Å²) < 4.78 is 0. The van der Waals surface area contributed by atoms with E-state index in [1.165, 1.54) is 12.8 Å². The van der Waals surface area contributed by atoms with Crippen molar-refractivity contribution in [2.24, 2.45) is 0 Å². The largest absolute Gasteiger partial charge is 0.341 e. The highest BCUT2D eigenvalue weighted by molar-refractivity contribution is 7.10. The Balaban J connectivity index is 1.42. The van der Waals surface area contributed by atoms with Gasteiger partial charge in [-0.25, -0.2) is 4.98 Å². The number of thiophene rings is 1. The van der Waals surface area contributed by atoms with Crippen LogP contribution >= 0.6 is 11.3 Å². The molecule has 1 aliphatic heterocycles. The van der Waals surface area contributed by atoms with E-state index in [0.717, 1.165) is 53.1 Å². The van der Waals surface area contributed by atoms with Crippen molar-refractivity contribution < 1.29 is 4.79 Å². The molecule has 4 rings (SSSR count). The Morgan fingerprint density at radius 1 is 1.14 bits per heavy atom. The fraction of sp³-hybridized carbons (Fsp3) is 0.318. The highest BCUT2D eigenvalue weighted by atomic mass is 32.1. The second kappa shape index (κ2) is 9.05. The number of aromatic nitrogens is 2. The molecule has 29 heavy (non-hydrogen) atoms. The monoisotopic (exact) mass is 407 g/mol. The number of benzene rings is 1. The Bertz CT molecular complexity index is 950. The zero-order chi connectivity index (χ0) is 20.1. The number of rotatable bonds is 7. The summed E-state index contributed by atoms with van der Waals surface area (Å²) in [4.78, 5) is 24.8. The van der Waals surface area contributed by atoms with Gasteiger partial charge in [-0.2, -0.15) is 4.98 Å². The molecule has 1 aromatic carbocycles. The molecule has 0 spiro atoms. The van der Waals surface area contributed by atoms with Crippen molar-refractivity contribution in [3.63, 3.8) is 0 Å². The first-order valence-electron chi connectivity index (χ1n) is 10.0. The Kier molecular flexibility index (Phi) is 6.05. The second-order valence-electron chi connectivity index (χ2n) is 7.10. The fourth-order valence-electron chi connectivity index (χ4n) is 3.38. The molecule has 0 saturated carbocycles. The average molecular weight is 408 g/mol. The van der Waals surface area contributed by atoms with Crippen molar-refractivity contribution >= 4 is 40.4 Å². The molecule has 2 N–H and O–H groups in total. The van der Waals surface area contributed by atoms with Gasteiger partial charge in [0, 0.05) is 41.1 Å². The summed E-state index contributed by atoms with van der Waals surface area (Å²) in [5.74, 6) is 1.63. The van der Waals surface area contributed by atoms with Crippen LogP contribution in [0.15, 0.2) is 48.0 Å². The number of nitrogens with zero attached hydrogens (tertiary/aromatic N) is 3. The number of amides is 1. The van der Waals surface area contributed by atoms with Crippen molar-refractivity contribution in [1.29, 1.82) is 0 Å². The van der Waals surface area contributed by atoms with Gasteiger partial charge < -0.3 is 15.5 Å². The van der Waals surface area contributed by atoms with Gasteiger partial charge in [0.1, 0.15) is 5.82 Å². The van der Waals surface area contributed by atoms with E-state index in [1.807, 2.05) is 48.0 Å². The van der Waals surface area contributed by atoms with Gasteiger partial charge in [0.15, 0.2) is 0 Å². The normalized spacial score (nSPS) is 13.5. The summed E-state index contributed by atoms with van der Waals surface area (Å²) in [6.45, 7) is 4.14. The Hall–Kier alpha value is -2.93. The standard InChI is InChI=1S/C22H25N5OS/c1-2-16-15-23-22(27-11-3-4-12-27)26-21(16)25-18-9-7-17(8-10-18)24-20(28)14-19-6-5-13-29-19/h5-10,13,15H,2-4,11-12,14H2,1H3,(H,24,28)(H,23,25,26). The number of nitrogens with one attached hydrogen (secondary N) is 2. The first-order valence-corrected chi connectivity index (χ1v) is 10.9. The Labute approximate surface area is 175 Å². The zero-order valence-corrected chi connectivity index (χ0v) is 17.3. The minimum Gasteiger partial charge on any atom is -0.341 e. The lowest BCUT2D eigenvalue weighted by molar-refractivity contribution is -0.115. The average Bonchev–Trinajstić information content (AvgIpc) is 3.43. The molecule has 1 aliphatic rings. The molecule has 150 valence electrons. The minimum atomic E-state index is -0.00696. The van der Waals surface area contributed by atoms with Crippen LogP contribution in [0.2, 0.25) is 0 Å². The van der Waals surface area contributed by atoms with Gasteiger partial charge in [-0.05, 0) is 55.0 Å². The molecule has 3 heterocycles. The van der Waals surface area contributed by atoms with Crippen LogP contribution in [0.3, 0.4) is 0 Å². The van der Waals surface area contributed by atoms with E-state index in [2.05, 4.69) is 27.4 Å². The quantitative estimate of drug-likeness (QED) is 0.598. The number of hydrogen-bond acceptors (Lipinski definition) is 6. The maximum absolute atomic E-state index is 12.2. The van der Waals surface area contributed by atoms with Crippen LogP contribution in [0, 0.1) is 0 Å². The van der Waals surface area contributed by atoms with Crippen molar-refractivity contribution in [3.05, 3.63) is 58.4 Å². The first-order chi connectivity index (χ1) is 14.2. The third kappa shape index (κ3) is 4.92. The SMILES string of the molecule is CCc1cnc(N2CCCC2)nc1Nc1ccc(NC(=O)Cc2cccs2)cc1. The summed E-state index contributed by atoms with van der Waals surface area (Å²) in [6.07, 6.45) is 5.57. The third-order valence-corrected chi connectivity index (χ3v) is 5.84. The van der Waals surface area contributed by atoms with Crippen molar-refractivity contribution in [3.8, 4) is 0 Å². The zero-order valence-electron chi connectivity index (χ0n) is 16.5. The summed E-state index contributed by atoms with van der Waals surface area (Å²) in [5.41, 5.74) is 2.80. The lowest BCUT2D eigenvalue weighted by Gasteiger charge is -2.18. The summed E-state index contributed by atoms with van der Waals surface area (Å²) >= 11 is 1.59. The van der Waals surface area contributed by atoms with Crippen LogP contribution in [0.25, 0.3) is 0 Å². The van der Waals surface area contributed by atoms with Gasteiger partial charge >= 0.3 is 0 Å². The van der Waals surface area contributed by atoms with Crippen LogP contribution in [0.4, 0.5) is 23.1 Å². The van der Waals surface area contributed by atoms with Crippen molar-refractivity contribution in [2.45, 2.75) is 32.6 Å². The van der Waals surface area contributed by atoms with Gasteiger partial charge in [0.25, 0.3) is 0 Å². The number of anilines is 4. The highest BCUT2D eigenvalue weighted by Crippen LogP contribution is 2.24. The van der Waals surface area contributed by atoms with E-state index in [9.17, 15) is 4.79 Å². The van der Waals surface area contributed by atoms with Crippen molar-refractivity contribution in [1.82, 2.24) is 9.97 Å². The molecule has 1 amide bonds. The fourth-order valence-corrected chi connectivity index (χ4v) is 4.09.